The number of fused-ring (bicyclic) bond motifs is 1. The van der Waals surface area contributed by atoms with Crippen LogP contribution in [0.3, 0.4) is 0 Å². The van der Waals surface area contributed by atoms with E-state index in [1.54, 1.807) is 18.2 Å². The molecule has 7 heteroatoms. The highest BCUT2D eigenvalue weighted by Crippen LogP contribution is 2.30. The molecule has 19 heavy (non-hydrogen) atoms. The minimum atomic E-state index is -0.338. The van der Waals surface area contributed by atoms with Gasteiger partial charge in [0.15, 0.2) is 6.61 Å². The Morgan fingerprint density at radius 1 is 1.42 bits per heavy atom. The van der Waals surface area contributed by atoms with Crippen LogP contribution in [0.4, 0.5) is 11.4 Å². The number of ether oxygens (including phenoxy) is 1. The van der Waals surface area contributed by atoms with Crippen LogP contribution in [0.25, 0.3) is 0 Å². The molecule has 1 aliphatic heterocycles. The molecular formula is C12H13N3O4. The maximum absolute atomic E-state index is 11.5. The first-order valence-electron chi connectivity index (χ1n) is 5.65. The molecule has 3 amide bonds. The summed E-state index contributed by atoms with van der Waals surface area (Å²) < 4.78 is 5.22. The van der Waals surface area contributed by atoms with E-state index in [2.05, 4.69) is 16.0 Å². The van der Waals surface area contributed by atoms with Crippen LogP contribution in [0.5, 0.6) is 5.75 Å². The third-order valence-corrected chi connectivity index (χ3v) is 2.40. The standard InChI is InChI=1S/C12H13N3O4/c1-7(16)13-5-11(17)14-8-2-3-9-10(4-8)19-6-12(18)15-9/h2-4H,5-6H2,1H3,(H,13,16)(H,14,17)(H,15,18). The molecule has 0 saturated carbocycles. The molecule has 0 aromatic heterocycles. The highest BCUT2D eigenvalue weighted by atomic mass is 16.5. The Morgan fingerprint density at radius 2 is 2.21 bits per heavy atom. The van der Waals surface area contributed by atoms with Crippen molar-refractivity contribution in [2.45, 2.75) is 6.92 Å². The van der Waals surface area contributed by atoms with Crippen molar-refractivity contribution in [2.75, 3.05) is 23.8 Å². The van der Waals surface area contributed by atoms with Gasteiger partial charge in [-0.15, -0.1) is 0 Å². The van der Waals surface area contributed by atoms with E-state index in [1.165, 1.54) is 6.92 Å². The molecule has 0 atom stereocenters. The lowest BCUT2D eigenvalue weighted by molar-refractivity contribution is -0.122. The van der Waals surface area contributed by atoms with Gasteiger partial charge in [0.05, 0.1) is 12.2 Å². The van der Waals surface area contributed by atoms with Crippen molar-refractivity contribution in [2.24, 2.45) is 0 Å². The highest BCUT2D eigenvalue weighted by molar-refractivity contribution is 5.97. The first-order chi connectivity index (χ1) is 9.04. The zero-order valence-corrected chi connectivity index (χ0v) is 10.3. The summed E-state index contributed by atoms with van der Waals surface area (Å²) in [7, 11) is 0. The van der Waals surface area contributed by atoms with Crippen LogP contribution < -0.4 is 20.7 Å². The Hall–Kier alpha value is -2.57. The fraction of sp³-hybridized carbons (Fsp3) is 0.250. The lowest BCUT2D eigenvalue weighted by atomic mass is 10.2. The molecule has 0 aliphatic carbocycles. The summed E-state index contributed by atoms with van der Waals surface area (Å²) in [6.07, 6.45) is 0. The topological polar surface area (TPSA) is 96.5 Å². The molecule has 3 N–H and O–H groups in total. The predicted octanol–water partition coefficient (Wildman–Crippen LogP) is 0.0921. The molecule has 2 rings (SSSR count). The third-order valence-electron chi connectivity index (χ3n) is 2.40. The summed E-state index contributed by atoms with van der Waals surface area (Å²) >= 11 is 0. The van der Waals surface area contributed by atoms with Crippen molar-refractivity contribution >= 4 is 29.1 Å². The van der Waals surface area contributed by atoms with E-state index in [-0.39, 0.29) is 30.9 Å². The van der Waals surface area contributed by atoms with Crippen LogP contribution in [0, 0.1) is 0 Å². The Balaban J connectivity index is 2.00. The van der Waals surface area contributed by atoms with Crippen molar-refractivity contribution in [3.8, 4) is 5.75 Å². The van der Waals surface area contributed by atoms with E-state index >= 15 is 0 Å². The monoisotopic (exact) mass is 263 g/mol. The average molecular weight is 263 g/mol. The quantitative estimate of drug-likeness (QED) is 0.720. The van der Waals surface area contributed by atoms with Gasteiger partial charge in [-0.05, 0) is 12.1 Å². The summed E-state index contributed by atoms with van der Waals surface area (Å²) in [6, 6.07) is 4.89. The molecule has 1 heterocycles. The van der Waals surface area contributed by atoms with Crippen LogP contribution in [-0.2, 0) is 14.4 Å². The maximum atomic E-state index is 11.5. The van der Waals surface area contributed by atoms with Gasteiger partial charge in [-0.1, -0.05) is 0 Å². The summed E-state index contributed by atoms with van der Waals surface area (Å²) in [6.45, 7) is 1.20. The minimum absolute atomic E-state index is 0.0453. The first-order valence-corrected chi connectivity index (χ1v) is 5.65. The van der Waals surface area contributed by atoms with Gasteiger partial charge in [-0.25, -0.2) is 0 Å². The smallest absolute Gasteiger partial charge is 0.262 e. The molecule has 7 nitrogen and oxygen atoms in total. The van der Waals surface area contributed by atoms with Gasteiger partial charge in [0, 0.05) is 18.7 Å². The molecule has 0 saturated heterocycles. The first kappa shape index (κ1) is 12.9. The molecule has 0 fully saturated rings. The van der Waals surface area contributed by atoms with Gasteiger partial charge in [0.25, 0.3) is 5.91 Å². The molecule has 1 aliphatic rings. The van der Waals surface area contributed by atoms with E-state index in [0.717, 1.165) is 0 Å². The lowest BCUT2D eigenvalue weighted by Gasteiger charge is -2.18. The van der Waals surface area contributed by atoms with Gasteiger partial charge in [0.1, 0.15) is 5.75 Å². The second-order valence-corrected chi connectivity index (χ2v) is 4.01. The molecule has 0 radical (unpaired) electrons. The normalized spacial score (nSPS) is 12.8. The molecule has 100 valence electrons. The van der Waals surface area contributed by atoms with Crippen molar-refractivity contribution in [3.63, 3.8) is 0 Å². The number of carbonyl (C=O) groups excluding carboxylic acids is 3. The van der Waals surface area contributed by atoms with Gasteiger partial charge >= 0.3 is 0 Å². The Labute approximate surface area is 109 Å². The van der Waals surface area contributed by atoms with Crippen LogP contribution in [0.15, 0.2) is 18.2 Å². The van der Waals surface area contributed by atoms with Crippen molar-refractivity contribution in [3.05, 3.63) is 18.2 Å². The summed E-state index contributed by atoms with van der Waals surface area (Å²) in [4.78, 5) is 33.3. The molecule has 1 aromatic carbocycles. The SMILES string of the molecule is CC(=O)NCC(=O)Nc1ccc2c(c1)OCC(=O)N2. The van der Waals surface area contributed by atoms with E-state index in [4.69, 9.17) is 4.74 Å². The predicted molar refractivity (Wildman–Crippen MR) is 67.9 cm³/mol. The summed E-state index contributed by atoms with van der Waals surface area (Å²) in [5.41, 5.74) is 1.10. The Kier molecular flexibility index (Phi) is 3.65. The Morgan fingerprint density at radius 3 is 2.95 bits per heavy atom. The van der Waals surface area contributed by atoms with E-state index < -0.39 is 0 Å². The molecule has 0 unspecified atom stereocenters. The molecule has 0 spiro atoms. The second kappa shape index (κ2) is 5.38. The molecule has 1 aromatic rings. The number of anilines is 2. The number of benzene rings is 1. The van der Waals surface area contributed by atoms with Gasteiger partial charge in [-0.2, -0.15) is 0 Å². The number of amides is 3. The third kappa shape index (κ3) is 3.44. The largest absolute Gasteiger partial charge is 0.482 e. The fourth-order valence-electron chi connectivity index (χ4n) is 1.56. The number of nitrogens with one attached hydrogen (secondary N) is 3. The minimum Gasteiger partial charge on any atom is -0.482 e. The Bertz CT molecular complexity index is 542. The van der Waals surface area contributed by atoms with Crippen molar-refractivity contribution in [1.82, 2.24) is 5.32 Å². The second-order valence-electron chi connectivity index (χ2n) is 4.01. The summed E-state index contributed by atoms with van der Waals surface area (Å²) in [5, 5.41) is 7.65. The molecule has 0 bridgehead atoms. The van der Waals surface area contributed by atoms with Crippen LogP contribution in [-0.4, -0.2) is 30.9 Å². The number of rotatable bonds is 3. The number of hydrogen-bond donors (Lipinski definition) is 3. The van der Waals surface area contributed by atoms with Crippen LogP contribution in [0.2, 0.25) is 0 Å². The van der Waals surface area contributed by atoms with E-state index in [0.29, 0.717) is 17.1 Å². The van der Waals surface area contributed by atoms with E-state index in [9.17, 15) is 14.4 Å². The average Bonchev–Trinajstić information content (AvgIpc) is 2.36. The number of hydrogen-bond acceptors (Lipinski definition) is 4. The van der Waals surface area contributed by atoms with Crippen LogP contribution in [0.1, 0.15) is 6.92 Å². The molecular weight excluding hydrogens is 250 g/mol. The van der Waals surface area contributed by atoms with Gasteiger partial charge < -0.3 is 20.7 Å². The maximum Gasteiger partial charge on any atom is 0.262 e. The van der Waals surface area contributed by atoms with Crippen LogP contribution >= 0.6 is 0 Å². The van der Waals surface area contributed by atoms with Crippen molar-refractivity contribution in [1.29, 1.82) is 0 Å². The highest BCUT2D eigenvalue weighted by Gasteiger charge is 2.16. The lowest BCUT2D eigenvalue weighted by Crippen LogP contribution is -2.31. The zero-order valence-electron chi connectivity index (χ0n) is 10.3. The zero-order chi connectivity index (χ0) is 13.8. The van der Waals surface area contributed by atoms with E-state index in [1.807, 2.05) is 0 Å². The van der Waals surface area contributed by atoms with Gasteiger partial charge in [0.2, 0.25) is 11.8 Å². The van der Waals surface area contributed by atoms with Gasteiger partial charge in [-0.3, -0.25) is 14.4 Å². The fourth-order valence-corrected chi connectivity index (χ4v) is 1.56. The number of carbonyl (C=O) groups is 3. The summed E-state index contributed by atoms with van der Waals surface area (Å²) in [5.74, 6) is -0.325. The van der Waals surface area contributed by atoms with Crippen molar-refractivity contribution < 1.29 is 19.1 Å².